The number of carbonyl (C=O) groups is 1. The largest absolute Gasteiger partial charge is 0.316 e. The third-order valence-corrected chi connectivity index (χ3v) is 4.35. The Bertz CT molecular complexity index is 631. The van der Waals surface area contributed by atoms with Crippen molar-refractivity contribution in [2.75, 3.05) is 13.1 Å². The van der Waals surface area contributed by atoms with Gasteiger partial charge in [-0.15, -0.1) is 0 Å². The Morgan fingerprint density at radius 1 is 1.23 bits per heavy atom. The number of hydrogen-bond acceptors (Lipinski definition) is 3. The summed E-state index contributed by atoms with van der Waals surface area (Å²) in [5.41, 5.74) is 2.84. The number of nitrogens with one attached hydrogen (secondary N) is 1. The van der Waals surface area contributed by atoms with Gasteiger partial charge < -0.3 is 5.32 Å². The van der Waals surface area contributed by atoms with E-state index in [2.05, 4.69) is 34.6 Å². The van der Waals surface area contributed by atoms with Crippen molar-refractivity contribution >= 4 is 17.4 Å². The predicted octanol–water partition coefficient (Wildman–Crippen LogP) is 3.63. The minimum absolute atomic E-state index is 0.0174. The van der Waals surface area contributed by atoms with Crippen LogP contribution in [0.4, 0.5) is 0 Å². The maximum absolute atomic E-state index is 12.2. The Labute approximate surface area is 135 Å². The van der Waals surface area contributed by atoms with E-state index in [1.54, 1.807) is 12.1 Å². The van der Waals surface area contributed by atoms with Crippen LogP contribution in [0.25, 0.3) is 0 Å². The van der Waals surface area contributed by atoms with Crippen LogP contribution in [0.3, 0.4) is 0 Å². The van der Waals surface area contributed by atoms with E-state index in [9.17, 15) is 4.79 Å². The number of pyridine rings is 1. The van der Waals surface area contributed by atoms with Crippen LogP contribution >= 0.6 is 11.6 Å². The minimum Gasteiger partial charge on any atom is -0.316 e. The maximum Gasteiger partial charge on any atom is 0.185 e. The molecule has 0 radical (unpaired) electrons. The zero-order valence-electron chi connectivity index (χ0n) is 12.4. The molecular weight excluding hydrogens is 296 g/mol. The normalized spacial score (nSPS) is 18.1. The van der Waals surface area contributed by atoms with Crippen LogP contribution in [0.2, 0.25) is 5.02 Å². The van der Waals surface area contributed by atoms with Gasteiger partial charge in [0.2, 0.25) is 0 Å². The number of hydrogen-bond donors (Lipinski definition) is 1. The first-order valence-corrected chi connectivity index (χ1v) is 8.04. The highest BCUT2D eigenvalue weighted by molar-refractivity contribution is 6.30. The topological polar surface area (TPSA) is 42.0 Å². The summed E-state index contributed by atoms with van der Waals surface area (Å²) in [4.78, 5) is 16.3. The number of nitrogens with zero attached hydrogens (tertiary/aromatic N) is 1. The van der Waals surface area contributed by atoms with Gasteiger partial charge in [0.25, 0.3) is 0 Å². The predicted molar refractivity (Wildman–Crippen MR) is 88.6 cm³/mol. The van der Waals surface area contributed by atoms with E-state index in [1.807, 2.05) is 0 Å². The molecule has 3 rings (SSSR count). The summed E-state index contributed by atoms with van der Waals surface area (Å²) in [5, 5.41) is 3.98. The molecule has 1 aromatic heterocycles. The lowest BCUT2D eigenvalue weighted by Gasteiger charge is -2.23. The molecule has 1 aromatic carbocycles. The Morgan fingerprint density at radius 2 is 2.05 bits per heavy atom. The third kappa shape index (κ3) is 3.73. The summed E-state index contributed by atoms with van der Waals surface area (Å²) in [6.07, 6.45) is 4.35. The Kier molecular flexibility index (Phi) is 4.86. The van der Waals surface area contributed by atoms with Crippen molar-refractivity contribution in [3.05, 3.63) is 64.4 Å². The summed E-state index contributed by atoms with van der Waals surface area (Å²) in [6, 6.07) is 11.8. The molecule has 1 unspecified atom stereocenters. The first kappa shape index (κ1) is 15.2. The van der Waals surface area contributed by atoms with Crippen LogP contribution < -0.4 is 5.32 Å². The van der Waals surface area contributed by atoms with Gasteiger partial charge in [-0.2, -0.15) is 0 Å². The molecule has 0 spiro atoms. The highest BCUT2D eigenvalue weighted by Crippen LogP contribution is 2.23. The van der Waals surface area contributed by atoms with E-state index in [0.717, 1.165) is 18.7 Å². The van der Waals surface area contributed by atoms with Gasteiger partial charge >= 0.3 is 0 Å². The lowest BCUT2D eigenvalue weighted by atomic mass is 9.91. The molecule has 1 atom stereocenters. The summed E-state index contributed by atoms with van der Waals surface area (Å²) in [5.74, 6) is 0.611. The second-order valence-electron chi connectivity index (χ2n) is 5.75. The van der Waals surface area contributed by atoms with Crippen molar-refractivity contribution in [1.82, 2.24) is 10.3 Å². The summed E-state index contributed by atoms with van der Waals surface area (Å²) >= 11 is 5.79. The molecule has 0 aliphatic carbocycles. The molecule has 4 heteroatoms. The Balaban J connectivity index is 1.65. The second kappa shape index (κ2) is 7.03. The van der Waals surface area contributed by atoms with E-state index in [0.29, 0.717) is 23.1 Å². The second-order valence-corrected chi connectivity index (χ2v) is 6.18. The number of benzene rings is 1. The molecule has 0 amide bonds. The number of carbonyl (C=O) groups excluding carboxylic acids is 1. The Hall–Kier alpha value is -1.71. The van der Waals surface area contributed by atoms with Crippen LogP contribution in [-0.4, -0.2) is 23.9 Å². The first-order chi connectivity index (χ1) is 10.7. The molecule has 0 bridgehead atoms. The molecule has 3 nitrogen and oxygen atoms in total. The van der Waals surface area contributed by atoms with E-state index >= 15 is 0 Å². The highest BCUT2D eigenvalue weighted by atomic mass is 35.5. The van der Waals surface area contributed by atoms with Crippen LogP contribution in [-0.2, 0) is 6.42 Å². The van der Waals surface area contributed by atoms with Gasteiger partial charge in [-0.05, 0) is 48.6 Å². The van der Waals surface area contributed by atoms with Gasteiger partial charge in [0.1, 0.15) is 5.69 Å². The van der Waals surface area contributed by atoms with Gasteiger partial charge in [0.15, 0.2) is 5.78 Å². The monoisotopic (exact) mass is 314 g/mol. The van der Waals surface area contributed by atoms with Gasteiger partial charge in [0, 0.05) is 19.2 Å². The third-order valence-electron chi connectivity index (χ3n) is 4.13. The molecule has 22 heavy (non-hydrogen) atoms. The number of Topliss-reactive ketones (excluding diaryl/α,β-unsaturated/α-hetero) is 1. The van der Waals surface area contributed by atoms with Gasteiger partial charge in [0.05, 0.1) is 5.02 Å². The van der Waals surface area contributed by atoms with Crippen molar-refractivity contribution in [2.24, 2.45) is 0 Å². The fourth-order valence-corrected chi connectivity index (χ4v) is 2.97. The number of rotatable bonds is 4. The van der Waals surface area contributed by atoms with Crippen LogP contribution in [0.15, 0.2) is 42.6 Å². The lowest BCUT2D eigenvalue weighted by Crippen LogP contribution is -2.28. The molecule has 1 N–H and O–H groups in total. The van der Waals surface area contributed by atoms with Gasteiger partial charge in [-0.1, -0.05) is 35.9 Å². The van der Waals surface area contributed by atoms with E-state index in [1.165, 1.54) is 24.6 Å². The van der Waals surface area contributed by atoms with Crippen LogP contribution in [0.5, 0.6) is 0 Å². The van der Waals surface area contributed by atoms with Crippen molar-refractivity contribution in [2.45, 2.75) is 25.2 Å². The molecule has 1 fully saturated rings. The van der Waals surface area contributed by atoms with Crippen molar-refractivity contribution in [1.29, 1.82) is 0 Å². The molecule has 114 valence electrons. The Morgan fingerprint density at radius 3 is 2.68 bits per heavy atom. The van der Waals surface area contributed by atoms with Crippen LogP contribution in [0, 0.1) is 0 Å². The zero-order chi connectivity index (χ0) is 15.4. The minimum atomic E-state index is 0.0174. The zero-order valence-corrected chi connectivity index (χ0v) is 13.1. The molecule has 1 aliphatic heterocycles. The maximum atomic E-state index is 12.2. The molecule has 2 aromatic rings. The summed E-state index contributed by atoms with van der Waals surface area (Å²) < 4.78 is 0. The number of ketones is 1. The number of halogens is 1. The van der Waals surface area contributed by atoms with Gasteiger partial charge in [-0.25, -0.2) is 0 Å². The average Bonchev–Trinajstić information content (AvgIpc) is 2.57. The van der Waals surface area contributed by atoms with E-state index in [4.69, 9.17) is 11.6 Å². The fraction of sp³-hybridized carbons (Fsp3) is 0.333. The lowest BCUT2D eigenvalue weighted by molar-refractivity contribution is 0.0988. The first-order valence-electron chi connectivity index (χ1n) is 7.67. The summed E-state index contributed by atoms with van der Waals surface area (Å²) in [6.45, 7) is 2.17. The van der Waals surface area contributed by atoms with E-state index < -0.39 is 0 Å². The SMILES string of the molecule is O=C(Cc1ccc(C2CCCNC2)cc1)c1ccc(Cl)cn1. The van der Waals surface area contributed by atoms with Crippen molar-refractivity contribution in [3.8, 4) is 0 Å². The quantitative estimate of drug-likeness (QED) is 0.876. The average molecular weight is 315 g/mol. The van der Waals surface area contributed by atoms with Crippen molar-refractivity contribution < 1.29 is 4.79 Å². The fourth-order valence-electron chi connectivity index (χ4n) is 2.86. The number of piperidine rings is 1. The highest BCUT2D eigenvalue weighted by Gasteiger charge is 2.15. The van der Waals surface area contributed by atoms with Gasteiger partial charge in [-0.3, -0.25) is 9.78 Å². The molecule has 0 saturated carbocycles. The van der Waals surface area contributed by atoms with Crippen LogP contribution in [0.1, 0.15) is 40.4 Å². The van der Waals surface area contributed by atoms with Crippen molar-refractivity contribution in [3.63, 3.8) is 0 Å². The standard InChI is InChI=1S/C18H19ClN2O/c19-16-7-8-17(21-12-16)18(22)10-13-3-5-14(6-4-13)15-2-1-9-20-11-15/h3-8,12,15,20H,1-2,9-11H2. The molecule has 1 aliphatic rings. The molecule has 1 saturated heterocycles. The molecule has 2 heterocycles. The van der Waals surface area contributed by atoms with E-state index in [-0.39, 0.29) is 5.78 Å². The summed E-state index contributed by atoms with van der Waals surface area (Å²) in [7, 11) is 0. The smallest absolute Gasteiger partial charge is 0.185 e. The molecular formula is C18H19ClN2O. The number of aromatic nitrogens is 1.